The average Bonchev–Trinajstić information content (AvgIpc) is 3.26. The van der Waals surface area contributed by atoms with Gasteiger partial charge in [-0.2, -0.15) is 4.98 Å². The van der Waals surface area contributed by atoms with Crippen molar-refractivity contribution in [2.24, 2.45) is 0 Å². The third kappa shape index (κ3) is 5.63. The summed E-state index contributed by atoms with van der Waals surface area (Å²) >= 11 is 6.57. The number of aliphatic hydroxyl groups excluding tert-OH is 2. The lowest BCUT2D eigenvalue weighted by Gasteiger charge is -2.32. The van der Waals surface area contributed by atoms with Gasteiger partial charge in [0.15, 0.2) is 5.65 Å². The second kappa shape index (κ2) is 10.4. The number of rotatable bonds is 7. The van der Waals surface area contributed by atoms with Gasteiger partial charge in [0.1, 0.15) is 6.10 Å². The number of aliphatic hydroxyl groups is 3. The fraction of sp³-hybridized carbons (Fsp3) is 0.357. The highest BCUT2D eigenvalue weighted by molar-refractivity contribution is 6.33. The van der Waals surface area contributed by atoms with Crippen molar-refractivity contribution in [1.29, 1.82) is 0 Å². The Kier molecular flexibility index (Phi) is 7.20. The number of fused-ring (bicyclic) bond motifs is 1. The third-order valence-electron chi connectivity index (χ3n) is 6.61. The minimum atomic E-state index is -0.880. The van der Waals surface area contributed by atoms with Gasteiger partial charge >= 0.3 is 0 Å². The normalized spacial score (nSPS) is 20.3. The first-order chi connectivity index (χ1) is 17.7. The molecule has 3 atom stereocenters. The Bertz CT molecular complexity index is 1370. The zero-order valence-electron chi connectivity index (χ0n) is 20.7. The summed E-state index contributed by atoms with van der Waals surface area (Å²) in [6.07, 6.45) is -0.697. The molecule has 1 aliphatic rings. The number of halogens is 1. The van der Waals surface area contributed by atoms with Crippen molar-refractivity contribution >= 4 is 22.8 Å². The molecule has 4 N–H and O–H groups in total. The smallest absolute Gasteiger partial charge is 0.296 e. The van der Waals surface area contributed by atoms with Gasteiger partial charge in [-0.25, -0.2) is 4.98 Å². The highest BCUT2D eigenvalue weighted by Crippen LogP contribution is 2.32. The van der Waals surface area contributed by atoms with Crippen LogP contribution >= 0.6 is 11.6 Å². The van der Waals surface area contributed by atoms with Gasteiger partial charge in [0, 0.05) is 18.6 Å². The molecule has 3 unspecified atom stereocenters. The summed E-state index contributed by atoms with van der Waals surface area (Å²) in [6.45, 7) is 3.79. The van der Waals surface area contributed by atoms with Gasteiger partial charge in [0.05, 0.1) is 40.6 Å². The van der Waals surface area contributed by atoms with Gasteiger partial charge in [-0.15, -0.1) is 0 Å². The maximum Gasteiger partial charge on any atom is 0.296 e. The number of hydrogen-bond donors (Lipinski definition) is 4. The van der Waals surface area contributed by atoms with E-state index in [1.54, 1.807) is 19.9 Å². The molecule has 5 rings (SSSR count). The molecule has 0 bridgehead atoms. The molecule has 0 radical (unpaired) electrons. The van der Waals surface area contributed by atoms with Crippen LogP contribution in [0.2, 0.25) is 5.02 Å². The first kappa shape index (κ1) is 25.6. The molecule has 1 saturated heterocycles. The molecule has 194 valence electrons. The van der Waals surface area contributed by atoms with E-state index in [9.17, 15) is 10.2 Å². The molecule has 2 aromatic carbocycles. The van der Waals surface area contributed by atoms with Crippen molar-refractivity contribution in [1.82, 2.24) is 15.0 Å². The Labute approximate surface area is 219 Å². The third-order valence-corrected chi connectivity index (χ3v) is 6.90. The van der Waals surface area contributed by atoms with Crippen LogP contribution in [0.15, 0.2) is 54.6 Å². The Morgan fingerprint density at radius 2 is 1.70 bits per heavy atom. The lowest BCUT2D eigenvalue weighted by Crippen LogP contribution is -2.43. The first-order valence-corrected chi connectivity index (χ1v) is 12.7. The van der Waals surface area contributed by atoms with Crippen molar-refractivity contribution in [3.05, 3.63) is 65.2 Å². The molecule has 0 saturated carbocycles. The van der Waals surface area contributed by atoms with Crippen LogP contribution in [0, 0.1) is 0 Å². The molecular weight excluding hydrogens is 494 g/mol. The maximum absolute atomic E-state index is 10.2. The Morgan fingerprint density at radius 1 is 1.05 bits per heavy atom. The molecule has 1 aliphatic heterocycles. The number of hydrogen-bond acceptors (Lipinski definition) is 7. The summed E-state index contributed by atoms with van der Waals surface area (Å²) in [7, 11) is 0. The Balaban J connectivity index is 1.32. The van der Waals surface area contributed by atoms with Gasteiger partial charge in [0.2, 0.25) is 0 Å². The summed E-state index contributed by atoms with van der Waals surface area (Å²) in [6, 6.07) is 17.8. The number of aromatic nitrogens is 3. The second-order valence-electron chi connectivity index (χ2n) is 9.87. The van der Waals surface area contributed by atoms with Crippen LogP contribution < -0.4 is 4.74 Å². The average molecular weight is 524 g/mol. The SMILES string of the molecule is CC(C)(O)c1ccc(-c2ccc(-c3nc4nc(OC5COC(CCO)C(O)C5)[nH]c4cc3Cl)cc2)cc1. The highest BCUT2D eigenvalue weighted by atomic mass is 35.5. The maximum atomic E-state index is 10.2. The number of H-pyrrole nitrogens is 1. The topological polar surface area (TPSA) is 121 Å². The monoisotopic (exact) mass is 523 g/mol. The van der Waals surface area contributed by atoms with E-state index in [2.05, 4.69) is 15.0 Å². The van der Waals surface area contributed by atoms with Crippen molar-refractivity contribution in [3.63, 3.8) is 0 Å². The van der Waals surface area contributed by atoms with Crippen LogP contribution in [0.25, 0.3) is 33.5 Å². The van der Waals surface area contributed by atoms with Crippen molar-refractivity contribution in [2.45, 2.75) is 50.6 Å². The van der Waals surface area contributed by atoms with Crippen LogP contribution in [0.3, 0.4) is 0 Å². The molecule has 1 fully saturated rings. The summed E-state index contributed by atoms with van der Waals surface area (Å²) < 4.78 is 11.5. The molecule has 37 heavy (non-hydrogen) atoms. The van der Waals surface area contributed by atoms with E-state index in [4.69, 9.17) is 26.2 Å². The largest absolute Gasteiger partial charge is 0.459 e. The number of nitrogens with one attached hydrogen (secondary N) is 1. The molecule has 0 aliphatic carbocycles. The summed E-state index contributed by atoms with van der Waals surface area (Å²) in [5.41, 5.74) is 4.64. The van der Waals surface area contributed by atoms with E-state index >= 15 is 0 Å². The zero-order chi connectivity index (χ0) is 26.2. The minimum Gasteiger partial charge on any atom is -0.459 e. The van der Waals surface area contributed by atoms with Crippen LogP contribution in [-0.4, -0.2) is 61.8 Å². The molecule has 3 heterocycles. The number of benzene rings is 2. The lowest BCUT2D eigenvalue weighted by atomic mass is 9.95. The number of ether oxygens (including phenoxy) is 2. The van der Waals surface area contributed by atoms with Gasteiger partial charge < -0.3 is 29.8 Å². The molecule has 9 heteroatoms. The van der Waals surface area contributed by atoms with E-state index < -0.39 is 11.7 Å². The fourth-order valence-electron chi connectivity index (χ4n) is 4.52. The second-order valence-corrected chi connectivity index (χ2v) is 10.3. The molecule has 0 amide bonds. The number of imidazole rings is 1. The van der Waals surface area contributed by atoms with Gasteiger partial charge in [-0.1, -0.05) is 60.1 Å². The van der Waals surface area contributed by atoms with E-state index in [0.717, 1.165) is 22.3 Å². The van der Waals surface area contributed by atoms with Crippen LogP contribution in [-0.2, 0) is 10.3 Å². The van der Waals surface area contributed by atoms with Gasteiger partial charge in [-0.3, -0.25) is 0 Å². The van der Waals surface area contributed by atoms with E-state index in [0.29, 0.717) is 41.3 Å². The van der Waals surface area contributed by atoms with Crippen LogP contribution in [0.4, 0.5) is 0 Å². The van der Waals surface area contributed by atoms with E-state index in [-0.39, 0.29) is 24.8 Å². The number of pyridine rings is 1. The fourth-order valence-corrected chi connectivity index (χ4v) is 4.78. The molecule has 8 nitrogen and oxygen atoms in total. The molecule has 0 spiro atoms. The van der Waals surface area contributed by atoms with Crippen LogP contribution in [0.1, 0.15) is 32.3 Å². The highest BCUT2D eigenvalue weighted by Gasteiger charge is 2.31. The predicted molar refractivity (Wildman–Crippen MR) is 141 cm³/mol. The van der Waals surface area contributed by atoms with Gasteiger partial charge in [0.25, 0.3) is 6.01 Å². The molecular formula is C28H30ClN3O5. The van der Waals surface area contributed by atoms with Crippen LogP contribution in [0.5, 0.6) is 6.01 Å². The summed E-state index contributed by atoms with van der Waals surface area (Å²) in [4.78, 5) is 12.2. The van der Waals surface area contributed by atoms with Crippen molar-refractivity contribution in [2.75, 3.05) is 13.2 Å². The standard InChI is InChI=1S/C28H30ClN3O5/c1-28(2,35)19-9-7-17(8-10-19)16-3-5-18(6-4-16)25-21(29)14-22-26(31-25)32-27(30-22)37-20-13-23(34)24(11-12-33)36-15-20/h3-10,14,20,23-24,33-35H,11-13,15H2,1-2H3,(H,30,31,32). The quantitative estimate of drug-likeness (QED) is 0.282. The molecule has 4 aromatic rings. The predicted octanol–water partition coefficient (Wildman–Crippen LogP) is 4.45. The number of nitrogens with zero attached hydrogens (tertiary/aromatic N) is 2. The zero-order valence-corrected chi connectivity index (χ0v) is 21.4. The first-order valence-electron chi connectivity index (χ1n) is 12.3. The minimum absolute atomic E-state index is 0.0372. The lowest BCUT2D eigenvalue weighted by molar-refractivity contribution is -0.123. The van der Waals surface area contributed by atoms with Crippen molar-refractivity contribution < 1.29 is 24.8 Å². The van der Waals surface area contributed by atoms with E-state index in [1.165, 1.54) is 0 Å². The number of aromatic amines is 1. The molecule has 2 aromatic heterocycles. The van der Waals surface area contributed by atoms with E-state index in [1.807, 2.05) is 48.5 Å². The van der Waals surface area contributed by atoms with Gasteiger partial charge in [-0.05, 0) is 43.0 Å². The summed E-state index contributed by atoms with van der Waals surface area (Å²) in [5, 5.41) is 30.0. The van der Waals surface area contributed by atoms with Crippen molar-refractivity contribution in [3.8, 4) is 28.4 Å². The Morgan fingerprint density at radius 3 is 2.32 bits per heavy atom. The Hall–Kier alpha value is -3.01. The summed E-state index contributed by atoms with van der Waals surface area (Å²) in [5.74, 6) is 0.